The summed E-state index contributed by atoms with van der Waals surface area (Å²) in [6.45, 7) is 1.92. The van der Waals surface area contributed by atoms with E-state index in [2.05, 4.69) is 20.7 Å². The summed E-state index contributed by atoms with van der Waals surface area (Å²) in [6, 6.07) is 0. The average molecular weight is 370 g/mol. The summed E-state index contributed by atoms with van der Waals surface area (Å²) in [6.07, 6.45) is -2.97. The Morgan fingerprint density at radius 3 is 2.65 bits per heavy atom. The second kappa shape index (κ2) is 7.42. The van der Waals surface area contributed by atoms with Crippen LogP contribution in [0.15, 0.2) is 18.3 Å². The third kappa shape index (κ3) is 4.49. The first-order valence-electron chi connectivity index (χ1n) is 7.50. The van der Waals surface area contributed by atoms with E-state index in [4.69, 9.17) is 5.73 Å². The predicted octanol–water partition coefficient (Wildman–Crippen LogP) is 1.02. The molecule has 0 radical (unpaired) electrons. The first-order chi connectivity index (χ1) is 12.1. The topological polar surface area (TPSA) is 115 Å². The molecule has 0 saturated heterocycles. The predicted molar refractivity (Wildman–Crippen MR) is 88.5 cm³/mol. The van der Waals surface area contributed by atoms with E-state index in [1.807, 2.05) is 0 Å². The van der Waals surface area contributed by atoms with Crippen LogP contribution in [0.1, 0.15) is 16.1 Å². The van der Waals surface area contributed by atoms with Gasteiger partial charge in [-0.1, -0.05) is 0 Å². The van der Waals surface area contributed by atoms with Crippen LogP contribution in [0.4, 0.5) is 18.9 Å². The molecule has 140 valence electrons. The number of rotatable bonds is 6. The number of nitrogens with one attached hydrogen (secondary N) is 2. The maximum atomic E-state index is 12.0. The molecule has 11 heteroatoms. The number of pyridine rings is 1. The summed E-state index contributed by atoms with van der Waals surface area (Å²) in [4.78, 5) is 27.1. The molecule has 2 amide bonds. The summed E-state index contributed by atoms with van der Waals surface area (Å²) in [5.74, 6) is -1.57. The molecular weight excluding hydrogens is 353 g/mol. The molecule has 0 aliphatic rings. The lowest BCUT2D eigenvalue weighted by Crippen LogP contribution is -2.28. The van der Waals surface area contributed by atoms with Crippen LogP contribution in [0, 0.1) is 6.92 Å². The zero-order chi connectivity index (χ0) is 19.5. The third-order valence-electron chi connectivity index (χ3n) is 3.44. The number of halogens is 3. The smallest absolute Gasteiger partial charge is 0.382 e. The number of hydrogen-bond donors (Lipinski definition) is 3. The van der Waals surface area contributed by atoms with Gasteiger partial charge in [-0.15, -0.1) is 0 Å². The molecule has 0 aromatic carbocycles. The van der Waals surface area contributed by atoms with Gasteiger partial charge in [0.25, 0.3) is 5.91 Å². The van der Waals surface area contributed by atoms with Crippen LogP contribution < -0.4 is 16.4 Å². The summed E-state index contributed by atoms with van der Waals surface area (Å²) >= 11 is 0. The fourth-order valence-electron chi connectivity index (χ4n) is 2.38. The summed E-state index contributed by atoms with van der Waals surface area (Å²) in [5, 5.41) is 10.1. The Kier molecular flexibility index (Phi) is 5.48. The molecule has 2 aromatic rings. The standard InChI is InChI=1S/C15H17F3N6O2/c1-8-11-12(9(13(19)26)7-22-14(11)24(2)23-8)21-6-5-20-10(25)3-4-15(16,17)18/h3-4,7H,5-6H2,1-2H3,(H2,19,26)(H,20,25)(H,21,22)/b4-3+. The van der Waals surface area contributed by atoms with Crippen molar-refractivity contribution in [1.82, 2.24) is 20.1 Å². The number of alkyl halides is 3. The van der Waals surface area contributed by atoms with Crippen LogP contribution in [-0.2, 0) is 11.8 Å². The number of carbonyl (C=O) groups is 2. The van der Waals surface area contributed by atoms with Crippen molar-refractivity contribution in [2.75, 3.05) is 18.4 Å². The van der Waals surface area contributed by atoms with Gasteiger partial charge < -0.3 is 16.4 Å². The van der Waals surface area contributed by atoms with Crippen molar-refractivity contribution in [2.45, 2.75) is 13.1 Å². The zero-order valence-corrected chi connectivity index (χ0v) is 14.0. The van der Waals surface area contributed by atoms with Crippen LogP contribution >= 0.6 is 0 Å². The number of fused-ring (bicyclic) bond motifs is 1. The molecule has 2 heterocycles. The van der Waals surface area contributed by atoms with Gasteiger partial charge in [-0.3, -0.25) is 14.3 Å². The molecule has 0 aliphatic carbocycles. The molecule has 0 fully saturated rings. The van der Waals surface area contributed by atoms with Crippen LogP contribution in [0.5, 0.6) is 0 Å². The fraction of sp³-hybridized carbons (Fsp3) is 0.333. The number of aromatic nitrogens is 3. The number of hydrogen-bond acceptors (Lipinski definition) is 5. The van der Waals surface area contributed by atoms with Crippen molar-refractivity contribution in [1.29, 1.82) is 0 Å². The lowest BCUT2D eigenvalue weighted by molar-refractivity contribution is -0.117. The second-order valence-corrected chi connectivity index (χ2v) is 5.41. The summed E-state index contributed by atoms with van der Waals surface area (Å²) in [7, 11) is 1.70. The molecule has 2 rings (SSSR count). The lowest BCUT2D eigenvalue weighted by atomic mass is 10.1. The molecule has 0 atom stereocenters. The number of anilines is 1. The molecule has 2 aromatic heterocycles. The van der Waals surface area contributed by atoms with Gasteiger partial charge in [0.05, 0.1) is 22.3 Å². The Bertz CT molecular complexity index is 872. The van der Waals surface area contributed by atoms with Crippen molar-refractivity contribution in [2.24, 2.45) is 12.8 Å². The maximum absolute atomic E-state index is 12.0. The van der Waals surface area contributed by atoms with E-state index in [1.165, 1.54) is 6.20 Å². The van der Waals surface area contributed by atoms with Crippen molar-refractivity contribution < 1.29 is 22.8 Å². The van der Waals surface area contributed by atoms with Gasteiger partial charge in [0, 0.05) is 38.5 Å². The first-order valence-corrected chi connectivity index (χ1v) is 7.50. The number of primary amides is 1. The minimum Gasteiger partial charge on any atom is -0.382 e. The number of carbonyl (C=O) groups excluding carboxylic acids is 2. The van der Waals surface area contributed by atoms with Gasteiger partial charge in [-0.05, 0) is 6.92 Å². The summed E-state index contributed by atoms with van der Waals surface area (Å²) < 4.78 is 37.5. The maximum Gasteiger partial charge on any atom is 0.409 e. The van der Waals surface area contributed by atoms with E-state index in [9.17, 15) is 22.8 Å². The molecule has 26 heavy (non-hydrogen) atoms. The average Bonchev–Trinajstić information content (AvgIpc) is 2.83. The third-order valence-corrected chi connectivity index (χ3v) is 3.44. The van der Waals surface area contributed by atoms with E-state index in [0.29, 0.717) is 28.5 Å². The highest BCUT2D eigenvalue weighted by molar-refractivity contribution is 6.06. The van der Waals surface area contributed by atoms with Crippen LogP contribution in [0.3, 0.4) is 0 Å². The fourth-order valence-corrected chi connectivity index (χ4v) is 2.38. The second-order valence-electron chi connectivity index (χ2n) is 5.41. The van der Waals surface area contributed by atoms with Crippen LogP contribution in [-0.4, -0.2) is 45.8 Å². The van der Waals surface area contributed by atoms with E-state index in [1.54, 1.807) is 18.7 Å². The minimum absolute atomic E-state index is 0.0301. The number of aryl methyl sites for hydroxylation is 2. The van der Waals surface area contributed by atoms with Crippen molar-refractivity contribution in [3.8, 4) is 0 Å². The summed E-state index contributed by atoms with van der Waals surface area (Å²) in [5.41, 5.74) is 7.08. The molecule has 0 unspecified atom stereocenters. The van der Waals surface area contributed by atoms with Crippen molar-refractivity contribution in [3.05, 3.63) is 29.6 Å². The number of amides is 2. The van der Waals surface area contributed by atoms with E-state index >= 15 is 0 Å². The SMILES string of the molecule is Cc1nn(C)c2ncc(C(N)=O)c(NCCNC(=O)/C=C/C(F)(F)F)c12. The van der Waals surface area contributed by atoms with Crippen LogP contribution in [0.25, 0.3) is 11.0 Å². The van der Waals surface area contributed by atoms with Gasteiger partial charge in [-0.2, -0.15) is 18.3 Å². The molecule has 0 spiro atoms. The Balaban J connectivity index is 2.11. The molecule has 0 saturated carbocycles. The Morgan fingerprint density at radius 2 is 2.04 bits per heavy atom. The lowest BCUT2D eigenvalue weighted by Gasteiger charge is -2.12. The van der Waals surface area contributed by atoms with E-state index < -0.39 is 18.0 Å². The number of nitrogens with two attached hydrogens (primary N) is 1. The molecular formula is C15H17F3N6O2. The Labute approximate surface area is 146 Å². The van der Waals surface area contributed by atoms with E-state index in [0.717, 1.165) is 0 Å². The van der Waals surface area contributed by atoms with E-state index in [-0.39, 0.29) is 24.7 Å². The minimum atomic E-state index is -4.55. The van der Waals surface area contributed by atoms with Crippen molar-refractivity contribution >= 4 is 28.5 Å². The Hall–Kier alpha value is -3.11. The van der Waals surface area contributed by atoms with Gasteiger partial charge in [0.1, 0.15) is 0 Å². The zero-order valence-electron chi connectivity index (χ0n) is 14.0. The largest absolute Gasteiger partial charge is 0.409 e. The highest BCUT2D eigenvalue weighted by Crippen LogP contribution is 2.28. The van der Waals surface area contributed by atoms with Gasteiger partial charge in [0.2, 0.25) is 5.91 Å². The molecule has 0 bridgehead atoms. The van der Waals surface area contributed by atoms with Crippen molar-refractivity contribution in [3.63, 3.8) is 0 Å². The monoisotopic (exact) mass is 370 g/mol. The normalized spacial score (nSPS) is 11.9. The molecule has 8 nitrogen and oxygen atoms in total. The molecule has 0 aliphatic heterocycles. The quantitative estimate of drug-likeness (QED) is 0.519. The Morgan fingerprint density at radius 1 is 1.35 bits per heavy atom. The highest BCUT2D eigenvalue weighted by atomic mass is 19.4. The van der Waals surface area contributed by atoms with Crippen LogP contribution in [0.2, 0.25) is 0 Å². The van der Waals surface area contributed by atoms with Gasteiger partial charge >= 0.3 is 6.18 Å². The highest BCUT2D eigenvalue weighted by Gasteiger charge is 2.22. The van der Waals surface area contributed by atoms with Gasteiger partial charge in [0.15, 0.2) is 5.65 Å². The molecule has 4 N–H and O–H groups in total. The number of allylic oxidation sites excluding steroid dienone is 1. The van der Waals surface area contributed by atoms with Gasteiger partial charge in [-0.25, -0.2) is 4.98 Å². The first kappa shape index (κ1) is 19.2. The number of nitrogens with zero attached hydrogens (tertiary/aromatic N) is 3.